The van der Waals surface area contributed by atoms with Gasteiger partial charge in [-0.1, -0.05) is 25.0 Å². The fraction of sp³-hybridized carbons (Fsp3) is 0.467. The molecule has 1 atom stereocenters. The maximum atomic E-state index is 12.0. The summed E-state index contributed by atoms with van der Waals surface area (Å²) in [6.07, 6.45) is 1.71. The minimum Gasteiger partial charge on any atom is -0.478 e. The van der Waals surface area contributed by atoms with Crippen molar-refractivity contribution in [2.75, 3.05) is 19.0 Å². The summed E-state index contributed by atoms with van der Waals surface area (Å²) < 4.78 is 5.05. The Morgan fingerprint density at radius 3 is 2.67 bits per heavy atom. The molecule has 0 saturated carbocycles. The Labute approximate surface area is 124 Å². The van der Waals surface area contributed by atoms with E-state index in [0.29, 0.717) is 6.61 Å². The minimum absolute atomic E-state index is 0.0731. The van der Waals surface area contributed by atoms with Crippen molar-refractivity contribution in [1.29, 1.82) is 0 Å². The van der Waals surface area contributed by atoms with Crippen molar-refractivity contribution < 1.29 is 19.4 Å². The highest BCUT2D eigenvalue weighted by Gasteiger charge is 2.15. The van der Waals surface area contributed by atoms with E-state index < -0.39 is 12.0 Å². The van der Waals surface area contributed by atoms with E-state index in [1.54, 1.807) is 26.2 Å². The van der Waals surface area contributed by atoms with Gasteiger partial charge in [-0.2, -0.15) is 0 Å². The molecule has 6 nitrogen and oxygen atoms in total. The molecule has 0 saturated heterocycles. The second kappa shape index (κ2) is 8.26. The Hall–Kier alpha value is -2.08. The molecule has 0 bridgehead atoms. The third-order valence-electron chi connectivity index (χ3n) is 2.99. The zero-order chi connectivity index (χ0) is 15.8. The summed E-state index contributed by atoms with van der Waals surface area (Å²) in [5, 5.41) is 14.5. The van der Waals surface area contributed by atoms with Gasteiger partial charge in [0.2, 0.25) is 0 Å². The molecular formula is C15H22N2O4. The molecule has 1 aromatic rings. The van der Waals surface area contributed by atoms with Crippen LogP contribution in [-0.2, 0) is 4.74 Å². The van der Waals surface area contributed by atoms with Crippen LogP contribution in [-0.4, -0.2) is 36.9 Å². The summed E-state index contributed by atoms with van der Waals surface area (Å²) in [7, 11) is 1.57. The van der Waals surface area contributed by atoms with E-state index in [9.17, 15) is 9.59 Å². The van der Waals surface area contributed by atoms with E-state index >= 15 is 0 Å². The number of hydrogen-bond acceptors (Lipinski definition) is 3. The number of carbonyl (C=O) groups excluding carboxylic acids is 1. The highest BCUT2D eigenvalue weighted by Crippen LogP contribution is 2.17. The van der Waals surface area contributed by atoms with Crippen LogP contribution < -0.4 is 10.6 Å². The summed E-state index contributed by atoms with van der Waals surface area (Å²) in [6, 6.07) is 4.33. The number of ether oxygens (including phenoxy) is 1. The fourth-order valence-corrected chi connectivity index (χ4v) is 2.03. The van der Waals surface area contributed by atoms with E-state index in [1.165, 1.54) is 6.07 Å². The summed E-state index contributed by atoms with van der Waals surface area (Å²) in [5.41, 5.74) is 1.17. The van der Waals surface area contributed by atoms with Crippen LogP contribution in [0.15, 0.2) is 18.2 Å². The van der Waals surface area contributed by atoms with Crippen LogP contribution in [0.1, 0.15) is 35.7 Å². The average Bonchev–Trinajstić information content (AvgIpc) is 2.41. The zero-order valence-corrected chi connectivity index (χ0v) is 12.6. The lowest BCUT2D eigenvalue weighted by atomic mass is 10.1. The van der Waals surface area contributed by atoms with Crippen molar-refractivity contribution in [3.05, 3.63) is 29.3 Å². The average molecular weight is 294 g/mol. The first-order chi connectivity index (χ1) is 9.97. The molecule has 0 heterocycles. The number of benzene rings is 1. The number of anilines is 1. The van der Waals surface area contributed by atoms with Crippen molar-refractivity contribution in [3.8, 4) is 0 Å². The number of aromatic carboxylic acids is 1. The number of hydrogen-bond donors (Lipinski definition) is 3. The van der Waals surface area contributed by atoms with Crippen LogP contribution in [0, 0.1) is 6.92 Å². The van der Waals surface area contributed by atoms with Crippen molar-refractivity contribution in [2.45, 2.75) is 32.7 Å². The Morgan fingerprint density at radius 1 is 1.38 bits per heavy atom. The van der Waals surface area contributed by atoms with Crippen LogP contribution in [0.4, 0.5) is 10.5 Å². The summed E-state index contributed by atoms with van der Waals surface area (Å²) >= 11 is 0. The van der Waals surface area contributed by atoms with Gasteiger partial charge in [0.15, 0.2) is 0 Å². The van der Waals surface area contributed by atoms with Gasteiger partial charge in [0.25, 0.3) is 0 Å². The SMILES string of the molecule is CCCC(COC)NC(=O)Nc1ccc(C)cc1C(=O)O. The highest BCUT2D eigenvalue weighted by molar-refractivity contribution is 6.00. The van der Waals surface area contributed by atoms with Gasteiger partial charge < -0.3 is 20.5 Å². The molecule has 1 rings (SSSR count). The van der Waals surface area contributed by atoms with Gasteiger partial charge in [-0.15, -0.1) is 0 Å². The topological polar surface area (TPSA) is 87.7 Å². The fourth-order valence-electron chi connectivity index (χ4n) is 2.03. The van der Waals surface area contributed by atoms with Crippen LogP contribution in [0.5, 0.6) is 0 Å². The van der Waals surface area contributed by atoms with E-state index in [2.05, 4.69) is 10.6 Å². The molecule has 0 aliphatic rings. The van der Waals surface area contributed by atoms with Gasteiger partial charge in [0.05, 0.1) is 23.9 Å². The normalized spacial score (nSPS) is 11.8. The standard InChI is InChI=1S/C15H22N2O4/c1-4-5-11(9-21-3)16-15(20)17-13-7-6-10(2)8-12(13)14(18)19/h6-8,11H,4-5,9H2,1-3H3,(H,18,19)(H2,16,17,20). The first kappa shape index (κ1) is 17.0. The van der Waals surface area contributed by atoms with Crippen molar-refractivity contribution in [2.24, 2.45) is 0 Å². The van der Waals surface area contributed by atoms with Gasteiger partial charge >= 0.3 is 12.0 Å². The van der Waals surface area contributed by atoms with Gasteiger partial charge in [-0.05, 0) is 25.5 Å². The first-order valence-electron chi connectivity index (χ1n) is 6.88. The van der Waals surface area contributed by atoms with Crippen molar-refractivity contribution in [3.63, 3.8) is 0 Å². The maximum Gasteiger partial charge on any atom is 0.337 e. The van der Waals surface area contributed by atoms with Gasteiger partial charge in [-0.25, -0.2) is 9.59 Å². The number of carboxylic acid groups (broad SMARTS) is 1. The minimum atomic E-state index is -1.07. The lowest BCUT2D eigenvalue weighted by molar-refractivity contribution is 0.0698. The van der Waals surface area contributed by atoms with E-state index in [4.69, 9.17) is 9.84 Å². The third-order valence-corrected chi connectivity index (χ3v) is 2.99. The largest absolute Gasteiger partial charge is 0.478 e. The van der Waals surface area contributed by atoms with E-state index in [0.717, 1.165) is 18.4 Å². The van der Waals surface area contributed by atoms with Gasteiger partial charge in [-0.3, -0.25) is 0 Å². The molecule has 1 unspecified atom stereocenters. The molecule has 21 heavy (non-hydrogen) atoms. The molecule has 3 N–H and O–H groups in total. The number of methoxy groups -OCH3 is 1. The number of carbonyl (C=O) groups is 2. The molecule has 2 amide bonds. The lowest BCUT2D eigenvalue weighted by Crippen LogP contribution is -2.40. The van der Waals surface area contributed by atoms with Gasteiger partial charge in [0.1, 0.15) is 0 Å². The summed E-state index contributed by atoms with van der Waals surface area (Å²) in [5.74, 6) is -1.07. The quantitative estimate of drug-likeness (QED) is 0.721. The molecule has 0 radical (unpaired) electrons. The first-order valence-corrected chi connectivity index (χ1v) is 6.88. The third kappa shape index (κ3) is 5.43. The Kier molecular flexibility index (Phi) is 6.68. The zero-order valence-electron chi connectivity index (χ0n) is 12.6. The molecule has 1 aromatic carbocycles. The lowest BCUT2D eigenvalue weighted by Gasteiger charge is -2.18. The highest BCUT2D eigenvalue weighted by atomic mass is 16.5. The Balaban J connectivity index is 2.76. The van der Waals surface area contributed by atoms with E-state index in [-0.39, 0.29) is 17.3 Å². The van der Waals surface area contributed by atoms with Crippen molar-refractivity contribution in [1.82, 2.24) is 5.32 Å². The van der Waals surface area contributed by atoms with Crippen LogP contribution in [0.3, 0.4) is 0 Å². The van der Waals surface area contributed by atoms with Gasteiger partial charge in [0, 0.05) is 7.11 Å². The second-order valence-electron chi connectivity index (χ2n) is 4.89. The smallest absolute Gasteiger partial charge is 0.337 e. The number of carboxylic acids is 1. The van der Waals surface area contributed by atoms with E-state index in [1.807, 2.05) is 6.92 Å². The predicted molar refractivity (Wildman–Crippen MR) is 80.9 cm³/mol. The number of nitrogens with one attached hydrogen (secondary N) is 2. The Bertz CT molecular complexity index is 496. The second-order valence-corrected chi connectivity index (χ2v) is 4.89. The van der Waals surface area contributed by atoms with Crippen molar-refractivity contribution >= 4 is 17.7 Å². The number of amides is 2. The Morgan fingerprint density at radius 2 is 2.10 bits per heavy atom. The molecule has 0 spiro atoms. The summed E-state index contributed by atoms with van der Waals surface area (Å²) in [6.45, 7) is 4.23. The van der Waals surface area contributed by atoms with Crippen LogP contribution in [0.25, 0.3) is 0 Å². The monoisotopic (exact) mass is 294 g/mol. The molecule has 116 valence electrons. The molecule has 0 aliphatic carbocycles. The van der Waals surface area contributed by atoms with Crippen LogP contribution in [0.2, 0.25) is 0 Å². The number of aryl methyl sites for hydroxylation is 1. The molecule has 0 fully saturated rings. The maximum absolute atomic E-state index is 12.0. The molecular weight excluding hydrogens is 272 g/mol. The molecule has 0 aromatic heterocycles. The van der Waals surface area contributed by atoms with Crippen LogP contribution >= 0.6 is 0 Å². The molecule has 6 heteroatoms. The predicted octanol–water partition coefficient (Wildman–Crippen LogP) is 2.63. The molecule has 0 aliphatic heterocycles. The number of rotatable bonds is 7. The summed E-state index contributed by atoms with van der Waals surface area (Å²) in [4.78, 5) is 23.2. The number of urea groups is 1.